The standard InChI is InChI=1S/C41H28N2OS/c1-21-37-35-29-20-28-25-9-4-7-13-33(25)45-39(28)36-26-10-2-5-11-30(26)43(38(29)36)40(35)42-34-19-23(16-17-41(21,34)37)22-14-15-32-27(18-22)24-8-3-6-12-31(24)44-32/h2-15,18-21,34,37,42H,16-17H2,1H3. The fourth-order valence-corrected chi connectivity index (χ4v) is 11.2. The summed E-state index contributed by atoms with van der Waals surface area (Å²) in [5.74, 6) is 2.53. The Morgan fingerprint density at radius 2 is 1.60 bits per heavy atom. The third-order valence-electron chi connectivity index (χ3n) is 12.0. The Morgan fingerprint density at radius 3 is 2.53 bits per heavy atom. The second-order valence-electron chi connectivity index (χ2n) is 13.7. The maximum atomic E-state index is 6.16. The van der Waals surface area contributed by atoms with Crippen LogP contribution in [0.4, 0.5) is 5.82 Å². The van der Waals surface area contributed by atoms with Crippen molar-refractivity contribution in [2.24, 2.45) is 11.3 Å². The topological polar surface area (TPSA) is 29.6 Å². The SMILES string of the molecule is CC1C2c3c(n4c5ccccc5c5c6sc7ccccc7c6cc3c54)NC3C=C(c4ccc5oc6ccccc6c5c4)CCC312. The Hall–Kier alpha value is -4.80. The number of benzene rings is 5. The Balaban J connectivity index is 1.10. The molecule has 3 nitrogen and oxygen atoms in total. The number of nitrogens with zero attached hydrogens (tertiary/aromatic N) is 1. The lowest BCUT2D eigenvalue weighted by molar-refractivity contribution is 0.379. The molecule has 12 rings (SSSR count). The Bertz CT molecular complexity index is 2790. The average Bonchev–Trinajstić information content (AvgIpc) is 3.54. The van der Waals surface area contributed by atoms with Crippen LogP contribution < -0.4 is 5.32 Å². The van der Waals surface area contributed by atoms with Gasteiger partial charge in [-0.3, -0.25) is 4.40 Å². The van der Waals surface area contributed by atoms with Crippen molar-refractivity contribution < 1.29 is 4.42 Å². The molecule has 0 saturated heterocycles. The maximum Gasteiger partial charge on any atom is 0.135 e. The van der Waals surface area contributed by atoms with E-state index in [1.165, 1.54) is 81.5 Å². The van der Waals surface area contributed by atoms with Crippen LogP contribution >= 0.6 is 11.3 Å². The Kier molecular flexibility index (Phi) is 4.03. The number of nitrogens with one attached hydrogen (secondary N) is 1. The number of furan rings is 1. The normalized spacial score (nSPS) is 24.1. The summed E-state index contributed by atoms with van der Waals surface area (Å²) in [6, 6.07) is 36.0. The first-order valence-corrected chi connectivity index (χ1v) is 17.0. The van der Waals surface area contributed by atoms with Gasteiger partial charge in [0.25, 0.3) is 0 Å². The molecule has 4 heteroatoms. The van der Waals surface area contributed by atoms with Crippen LogP contribution in [0.25, 0.3) is 74.9 Å². The third kappa shape index (κ3) is 2.65. The van der Waals surface area contributed by atoms with E-state index >= 15 is 0 Å². The van der Waals surface area contributed by atoms with Gasteiger partial charge < -0.3 is 9.73 Å². The van der Waals surface area contributed by atoms with E-state index in [1.54, 1.807) is 5.56 Å². The van der Waals surface area contributed by atoms with Gasteiger partial charge in [0.1, 0.15) is 17.0 Å². The van der Waals surface area contributed by atoms with Gasteiger partial charge >= 0.3 is 0 Å². The van der Waals surface area contributed by atoms with Crippen LogP contribution in [0.3, 0.4) is 0 Å². The Labute approximate surface area is 262 Å². The van der Waals surface area contributed by atoms with Gasteiger partial charge in [-0.15, -0.1) is 11.3 Å². The first-order valence-electron chi connectivity index (χ1n) is 16.2. The Morgan fingerprint density at radius 1 is 0.800 bits per heavy atom. The molecule has 4 unspecified atom stereocenters. The molecule has 1 fully saturated rings. The lowest BCUT2D eigenvalue weighted by atomic mass is 9.75. The molecule has 1 N–H and O–H groups in total. The highest BCUT2D eigenvalue weighted by atomic mass is 32.1. The lowest BCUT2D eigenvalue weighted by Crippen LogP contribution is -2.37. The second-order valence-corrected chi connectivity index (χ2v) is 14.8. The van der Waals surface area contributed by atoms with E-state index in [9.17, 15) is 0 Å². The summed E-state index contributed by atoms with van der Waals surface area (Å²) in [5, 5.41) is 13.7. The van der Waals surface area contributed by atoms with E-state index < -0.39 is 0 Å². The van der Waals surface area contributed by atoms with Gasteiger partial charge in [0.15, 0.2) is 0 Å². The van der Waals surface area contributed by atoms with Crippen molar-refractivity contribution in [2.75, 3.05) is 5.32 Å². The summed E-state index contributed by atoms with van der Waals surface area (Å²) in [6.07, 6.45) is 4.92. The van der Waals surface area contributed by atoms with Gasteiger partial charge in [0, 0.05) is 58.1 Å². The monoisotopic (exact) mass is 596 g/mol. The van der Waals surface area contributed by atoms with Gasteiger partial charge in [-0.25, -0.2) is 0 Å². The molecule has 5 heterocycles. The van der Waals surface area contributed by atoms with Crippen molar-refractivity contribution in [3.8, 4) is 0 Å². The van der Waals surface area contributed by atoms with E-state index in [1.807, 2.05) is 17.4 Å². The number of fused-ring (bicyclic) bond motifs is 14. The number of anilines is 1. The molecule has 0 radical (unpaired) electrons. The number of hydrogen-bond acceptors (Lipinski definition) is 3. The molecule has 9 aromatic rings. The molecule has 45 heavy (non-hydrogen) atoms. The minimum absolute atomic E-state index is 0.270. The number of aromatic nitrogens is 1. The van der Waals surface area contributed by atoms with Crippen LogP contribution in [0.5, 0.6) is 0 Å². The summed E-state index contributed by atoms with van der Waals surface area (Å²) < 4.78 is 11.5. The third-order valence-corrected chi connectivity index (χ3v) is 13.2. The first-order chi connectivity index (χ1) is 22.2. The van der Waals surface area contributed by atoms with Gasteiger partial charge in [0.05, 0.1) is 17.1 Å². The van der Waals surface area contributed by atoms with Crippen molar-refractivity contribution in [2.45, 2.75) is 31.7 Å². The molecule has 3 aliphatic rings. The average molecular weight is 597 g/mol. The molecule has 2 aliphatic carbocycles. The van der Waals surface area contributed by atoms with Crippen molar-refractivity contribution in [1.29, 1.82) is 0 Å². The summed E-state index contributed by atoms with van der Waals surface area (Å²) in [5.41, 5.74) is 9.26. The molecule has 1 aliphatic heterocycles. The fourth-order valence-electron chi connectivity index (χ4n) is 9.95. The molecule has 4 aromatic heterocycles. The summed E-state index contributed by atoms with van der Waals surface area (Å²) in [7, 11) is 0. The van der Waals surface area contributed by atoms with Crippen LogP contribution in [0.2, 0.25) is 0 Å². The summed E-state index contributed by atoms with van der Waals surface area (Å²) >= 11 is 1.95. The van der Waals surface area contributed by atoms with Gasteiger partial charge in [-0.1, -0.05) is 73.7 Å². The number of para-hydroxylation sites is 2. The van der Waals surface area contributed by atoms with Crippen LogP contribution in [-0.4, -0.2) is 10.4 Å². The highest BCUT2D eigenvalue weighted by Crippen LogP contribution is 2.75. The van der Waals surface area contributed by atoms with Gasteiger partial charge in [-0.05, 0) is 72.2 Å². The second kappa shape index (κ2) is 7.70. The summed E-state index contributed by atoms with van der Waals surface area (Å²) in [6.45, 7) is 2.51. The van der Waals surface area contributed by atoms with Crippen LogP contribution in [-0.2, 0) is 0 Å². The quantitative estimate of drug-likeness (QED) is 0.204. The molecule has 0 bridgehead atoms. The number of thiophene rings is 1. The van der Waals surface area contributed by atoms with Gasteiger partial charge in [0.2, 0.25) is 0 Å². The highest BCUT2D eigenvalue weighted by molar-refractivity contribution is 7.26. The first kappa shape index (κ1) is 23.6. The minimum Gasteiger partial charge on any atom is -0.456 e. The van der Waals surface area contributed by atoms with E-state index in [4.69, 9.17) is 4.42 Å². The zero-order chi connectivity index (χ0) is 29.2. The van der Waals surface area contributed by atoms with Crippen LogP contribution in [0, 0.1) is 11.3 Å². The summed E-state index contributed by atoms with van der Waals surface area (Å²) in [4.78, 5) is 0. The van der Waals surface area contributed by atoms with Crippen LogP contribution in [0.1, 0.15) is 36.8 Å². The largest absolute Gasteiger partial charge is 0.456 e. The van der Waals surface area contributed by atoms with E-state index in [0.29, 0.717) is 17.9 Å². The number of hydrogen-bond donors (Lipinski definition) is 1. The van der Waals surface area contributed by atoms with E-state index in [2.05, 4.69) is 114 Å². The minimum atomic E-state index is 0.270. The smallest absolute Gasteiger partial charge is 0.135 e. The predicted molar refractivity (Wildman–Crippen MR) is 189 cm³/mol. The van der Waals surface area contributed by atoms with Gasteiger partial charge in [-0.2, -0.15) is 0 Å². The molecule has 1 spiro atoms. The predicted octanol–water partition coefficient (Wildman–Crippen LogP) is 11.3. The molecule has 214 valence electrons. The molecule has 0 amide bonds. The molecule has 4 atom stereocenters. The van der Waals surface area contributed by atoms with Crippen molar-refractivity contribution in [3.05, 3.63) is 114 Å². The highest BCUT2D eigenvalue weighted by Gasteiger charge is 2.69. The molecule has 1 saturated carbocycles. The number of rotatable bonds is 1. The van der Waals surface area contributed by atoms with Crippen molar-refractivity contribution in [1.82, 2.24) is 4.40 Å². The lowest BCUT2D eigenvalue weighted by Gasteiger charge is -2.37. The van der Waals surface area contributed by atoms with Crippen LogP contribution in [0.15, 0.2) is 108 Å². The van der Waals surface area contributed by atoms with Crippen molar-refractivity contribution in [3.63, 3.8) is 0 Å². The maximum absolute atomic E-state index is 6.16. The number of allylic oxidation sites excluding steroid dienone is 1. The van der Waals surface area contributed by atoms with E-state index in [0.717, 1.165) is 17.6 Å². The van der Waals surface area contributed by atoms with Crippen molar-refractivity contribution >= 4 is 92.0 Å². The molecular formula is C41H28N2OS. The molecular weight excluding hydrogens is 569 g/mol. The zero-order valence-electron chi connectivity index (χ0n) is 24.7. The zero-order valence-corrected chi connectivity index (χ0v) is 25.5. The van der Waals surface area contributed by atoms with E-state index in [-0.39, 0.29) is 5.41 Å². The molecule has 5 aromatic carbocycles. The fraction of sp³-hybridized carbons (Fsp3) is 0.171.